The number of carbonyl (C=O) groups is 1. The van der Waals surface area contributed by atoms with Crippen molar-refractivity contribution in [2.75, 3.05) is 0 Å². The number of furan rings is 1. The van der Waals surface area contributed by atoms with Crippen LogP contribution in [0.3, 0.4) is 0 Å². The van der Waals surface area contributed by atoms with Crippen LogP contribution in [0.1, 0.15) is 11.3 Å². The second-order valence-electron chi connectivity index (χ2n) is 5.97. The van der Waals surface area contributed by atoms with Crippen molar-refractivity contribution in [2.45, 2.75) is 0 Å². The van der Waals surface area contributed by atoms with E-state index in [9.17, 15) is 14.9 Å². The number of rotatable bonds is 4. The monoisotopic (exact) mass is 428 g/mol. The van der Waals surface area contributed by atoms with Crippen LogP contribution in [0.15, 0.2) is 69.7 Å². The molecule has 2 heterocycles. The standard InChI is InChI=1S/C20H10Cl2N2O5/c21-15-6-4-11(9-16(15)22)18-7-5-14(28-18)10-17-20(25)29-19(23-17)12-2-1-3-13(8-12)24(26)27/h1-10H/b17-10-. The van der Waals surface area contributed by atoms with Crippen LogP contribution in [0.5, 0.6) is 0 Å². The quantitative estimate of drug-likeness (QED) is 0.236. The molecule has 0 aliphatic carbocycles. The number of cyclic esters (lactones) is 1. The summed E-state index contributed by atoms with van der Waals surface area (Å²) in [4.78, 5) is 26.6. The number of aliphatic imine (C=N–C) groups is 1. The first-order valence-electron chi connectivity index (χ1n) is 8.23. The zero-order chi connectivity index (χ0) is 20.5. The molecule has 2 aromatic carbocycles. The van der Waals surface area contributed by atoms with Gasteiger partial charge in [-0.15, -0.1) is 0 Å². The average Bonchev–Trinajstić information content (AvgIpc) is 3.31. The van der Waals surface area contributed by atoms with E-state index in [1.54, 1.807) is 36.4 Å². The Bertz CT molecular complexity index is 1210. The molecule has 0 spiro atoms. The Kier molecular flexibility index (Phi) is 4.92. The van der Waals surface area contributed by atoms with E-state index in [1.165, 1.54) is 24.3 Å². The Balaban J connectivity index is 1.62. The van der Waals surface area contributed by atoms with Crippen LogP contribution in [0.25, 0.3) is 17.4 Å². The van der Waals surface area contributed by atoms with Crippen LogP contribution in [0, 0.1) is 10.1 Å². The largest absolute Gasteiger partial charge is 0.457 e. The minimum absolute atomic E-state index is 0.0128. The Morgan fingerprint density at radius 3 is 2.59 bits per heavy atom. The molecule has 1 aliphatic heterocycles. The Morgan fingerprint density at radius 1 is 1.00 bits per heavy atom. The lowest BCUT2D eigenvalue weighted by atomic mass is 10.2. The van der Waals surface area contributed by atoms with Crippen LogP contribution < -0.4 is 0 Å². The van der Waals surface area contributed by atoms with Gasteiger partial charge in [-0.25, -0.2) is 9.79 Å². The Hall–Kier alpha value is -3.42. The number of nitrogens with zero attached hydrogens (tertiary/aromatic N) is 2. The number of carbonyl (C=O) groups excluding carboxylic acids is 1. The third kappa shape index (κ3) is 3.91. The third-order valence-electron chi connectivity index (χ3n) is 4.03. The maximum absolute atomic E-state index is 12.1. The van der Waals surface area contributed by atoms with Gasteiger partial charge in [-0.3, -0.25) is 10.1 Å². The molecule has 29 heavy (non-hydrogen) atoms. The van der Waals surface area contributed by atoms with E-state index < -0.39 is 10.9 Å². The van der Waals surface area contributed by atoms with Crippen LogP contribution in [-0.2, 0) is 9.53 Å². The molecular weight excluding hydrogens is 419 g/mol. The topological polar surface area (TPSA) is 94.9 Å². The molecular formula is C20H10Cl2N2O5. The van der Waals surface area contributed by atoms with Gasteiger partial charge in [0.2, 0.25) is 5.90 Å². The lowest BCUT2D eigenvalue weighted by Gasteiger charge is -1.99. The van der Waals surface area contributed by atoms with Crippen molar-refractivity contribution in [1.82, 2.24) is 0 Å². The van der Waals surface area contributed by atoms with E-state index in [4.69, 9.17) is 32.4 Å². The summed E-state index contributed by atoms with van der Waals surface area (Å²) in [5.74, 6) is 0.215. The maximum Gasteiger partial charge on any atom is 0.363 e. The first-order valence-corrected chi connectivity index (χ1v) is 8.99. The van der Waals surface area contributed by atoms with Crippen molar-refractivity contribution in [2.24, 2.45) is 4.99 Å². The molecule has 9 heteroatoms. The van der Waals surface area contributed by atoms with E-state index >= 15 is 0 Å². The number of non-ortho nitro benzene ring substituents is 1. The molecule has 4 rings (SSSR count). The molecule has 0 fully saturated rings. The number of halogens is 2. The van der Waals surface area contributed by atoms with Gasteiger partial charge >= 0.3 is 5.97 Å². The molecule has 0 amide bonds. The molecule has 1 aromatic heterocycles. The van der Waals surface area contributed by atoms with Gasteiger partial charge in [0.25, 0.3) is 5.69 Å². The normalized spacial score (nSPS) is 14.8. The zero-order valence-electron chi connectivity index (χ0n) is 14.5. The molecule has 7 nitrogen and oxygen atoms in total. The van der Waals surface area contributed by atoms with E-state index in [2.05, 4.69) is 4.99 Å². The van der Waals surface area contributed by atoms with Crippen LogP contribution in [0.4, 0.5) is 5.69 Å². The number of nitro benzene ring substituents is 1. The van der Waals surface area contributed by atoms with Gasteiger partial charge in [0.05, 0.1) is 15.0 Å². The molecule has 0 bridgehead atoms. The number of esters is 1. The van der Waals surface area contributed by atoms with Gasteiger partial charge in [0.15, 0.2) is 5.70 Å². The Labute approximate surface area is 174 Å². The second-order valence-corrected chi connectivity index (χ2v) is 6.79. The predicted octanol–water partition coefficient (Wildman–Crippen LogP) is 5.51. The second kappa shape index (κ2) is 7.54. The van der Waals surface area contributed by atoms with Crippen molar-refractivity contribution in [3.63, 3.8) is 0 Å². The molecule has 0 N–H and O–H groups in total. The third-order valence-corrected chi connectivity index (χ3v) is 4.77. The minimum Gasteiger partial charge on any atom is -0.457 e. The number of benzene rings is 2. The summed E-state index contributed by atoms with van der Waals surface area (Å²) >= 11 is 11.9. The van der Waals surface area contributed by atoms with Crippen LogP contribution in [-0.4, -0.2) is 16.8 Å². The van der Waals surface area contributed by atoms with Crippen molar-refractivity contribution in [3.8, 4) is 11.3 Å². The minimum atomic E-state index is -0.681. The highest BCUT2D eigenvalue weighted by Gasteiger charge is 2.25. The number of ether oxygens (including phenoxy) is 1. The Morgan fingerprint density at radius 2 is 1.83 bits per heavy atom. The smallest absolute Gasteiger partial charge is 0.363 e. The summed E-state index contributed by atoms with van der Waals surface area (Å²) in [6, 6.07) is 14.1. The fraction of sp³-hybridized carbons (Fsp3) is 0. The molecule has 1 aliphatic rings. The lowest BCUT2D eigenvalue weighted by Crippen LogP contribution is -2.05. The first kappa shape index (κ1) is 18.9. The van der Waals surface area contributed by atoms with E-state index in [1.807, 2.05) is 0 Å². The average molecular weight is 429 g/mol. The summed E-state index contributed by atoms with van der Waals surface area (Å²) in [5.41, 5.74) is 0.934. The summed E-state index contributed by atoms with van der Waals surface area (Å²) in [7, 11) is 0. The maximum atomic E-state index is 12.1. The van der Waals surface area contributed by atoms with Crippen molar-refractivity contribution in [1.29, 1.82) is 0 Å². The van der Waals surface area contributed by atoms with E-state index in [-0.39, 0.29) is 17.3 Å². The molecule has 3 aromatic rings. The van der Waals surface area contributed by atoms with Gasteiger partial charge < -0.3 is 9.15 Å². The fourth-order valence-corrected chi connectivity index (χ4v) is 2.95. The van der Waals surface area contributed by atoms with E-state index in [0.29, 0.717) is 27.1 Å². The summed E-state index contributed by atoms with van der Waals surface area (Å²) in [6.07, 6.45) is 1.42. The number of hydrogen-bond donors (Lipinski definition) is 0. The van der Waals surface area contributed by atoms with Gasteiger partial charge in [0.1, 0.15) is 11.5 Å². The highest BCUT2D eigenvalue weighted by atomic mass is 35.5. The zero-order valence-corrected chi connectivity index (χ0v) is 16.0. The highest BCUT2D eigenvalue weighted by molar-refractivity contribution is 6.42. The summed E-state index contributed by atoms with van der Waals surface area (Å²) in [5, 5.41) is 11.7. The van der Waals surface area contributed by atoms with E-state index in [0.717, 1.165) is 5.56 Å². The molecule has 0 radical (unpaired) electrons. The van der Waals surface area contributed by atoms with Gasteiger partial charge in [0, 0.05) is 29.3 Å². The summed E-state index contributed by atoms with van der Waals surface area (Å²) in [6.45, 7) is 0. The highest BCUT2D eigenvalue weighted by Crippen LogP contribution is 2.30. The van der Waals surface area contributed by atoms with Crippen molar-refractivity contribution >= 4 is 46.8 Å². The fourth-order valence-electron chi connectivity index (χ4n) is 2.65. The molecule has 0 unspecified atom stereocenters. The van der Waals surface area contributed by atoms with Crippen molar-refractivity contribution < 1.29 is 18.9 Å². The summed E-state index contributed by atoms with van der Waals surface area (Å²) < 4.78 is 10.9. The predicted molar refractivity (Wildman–Crippen MR) is 108 cm³/mol. The molecule has 0 atom stereocenters. The SMILES string of the molecule is O=C1OC(c2cccc([N+](=O)[O-])c2)=N/C1=C\c1ccc(-c2ccc(Cl)c(Cl)c2)o1. The molecule has 0 saturated carbocycles. The van der Waals surface area contributed by atoms with Crippen LogP contribution >= 0.6 is 23.2 Å². The van der Waals surface area contributed by atoms with Crippen molar-refractivity contribution in [3.05, 3.63) is 91.8 Å². The first-order chi connectivity index (χ1) is 13.9. The van der Waals surface area contributed by atoms with Gasteiger partial charge in [-0.1, -0.05) is 29.3 Å². The lowest BCUT2D eigenvalue weighted by molar-refractivity contribution is -0.384. The molecule has 0 saturated heterocycles. The van der Waals surface area contributed by atoms with Gasteiger partial charge in [-0.2, -0.15) is 0 Å². The van der Waals surface area contributed by atoms with Crippen LogP contribution in [0.2, 0.25) is 10.0 Å². The number of nitro groups is 1. The van der Waals surface area contributed by atoms with Gasteiger partial charge in [-0.05, 0) is 36.4 Å². The molecule has 144 valence electrons. The number of hydrogen-bond acceptors (Lipinski definition) is 6.